The Morgan fingerprint density at radius 2 is 1.72 bits per heavy atom. The van der Waals surface area contributed by atoms with Gasteiger partial charge in [-0.15, -0.1) is 0 Å². The molecule has 5 nitrogen and oxygen atoms in total. The van der Waals surface area contributed by atoms with Crippen LogP contribution in [0.2, 0.25) is 0 Å². The maximum absolute atomic E-state index is 12.8. The Balaban J connectivity index is 2.08. The average molecular weight is 407 g/mol. The molecule has 2 aromatic carbocycles. The third-order valence-corrected chi connectivity index (χ3v) is 4.98. The van der Waals surface area contributed by atoms with Gasteiger partial charge in [0.25, 0.3) is 5.91 Å². The van der Waals surface area contributed by atoms with E-state index in [-0.39, 0.29) is 23.4 Å². The van der Waals surface area contributed by atoms with Crippen molar-refractivity contribution in [1.29, 1.82) is 0 Å². The normalized spacial score (nSPS) is 13.1. The Hall–Kier alpha value is -2.67. The van der Waals surface area contributed by atoms with Gasteiger partial charge in [-0.1, -0.05) is 17.7 Å². The zero-order valence-corrected chi connectivity index (χ0v) is 17.7. The first-order valence-electron chi connectivity index (χ1n) is 9.45. The quantitative estimate of drug-likeness (QED) is 0.706. The highest BCUT2D eigenvalue weighted by molar-refractivity contribution is 5.95. The summed E-state index contributed by atoms with van der Waals surface area (Å²) >= 11 is 0. The van der Waals surface area contributed by atoms with Crippen LogP contribution in [0.15, 0.2) is 30.3 Å². The minimum Gasteiger partial charge on any atom is -0.493 e. The van der Waals surface area contributed by atoms with Crippen molar-refractivity contribution in [2.75, 3.05) is 19.5 Å². The molecule has 2 N–H and O–H groups in total. The summed E-state index contributed by atoms with van der Waals surface area (Å²) in [5, 5.41) is 3.04. The summed E-state index contributed by atoms with van der Waals surface area (Å²) in [5.74, 6) is 0.140. The number of hydrogen-bond acceptors (Lipinski definition) is 3. The van der Waals surface area contributed by atoms with Gasteiger partial charge in [-0.3, -0.25) is 4.79 Å². The molecule has 7 heteroatoms. The van der Waals surface area contributed by atoms with Crippen LogP contribution in [0, 0.1) is 20.8 Å². The Morgan fingerprint density at radius 3 is 2.28 bits per heavy atom. The predicted molar refractivity (Wildman–Crippen MR) is 109 cm³/mol. The first-order valence-corrected chi connectivity index (χ1v) is 9.45. The number of hydrogen-bond donors (Lipinski definition) is 2. The Labute approximate surface area is 170 Å². The van der Waals surface area contributed by atoms with Crippen molar-refractivity contribution < 1.29 is 27.9 Å². The molecule has 0 spiro atoms. The fourth-order valence-electron chi connectivity index (χ4n) is 3.32. The second-order valence-corrected chi connectivity index (χ2v) is 7.37. The SMILES string of the molecule is COc1cc(C[NH+](C)[C@@H](C)C(=O)Nc2c(C)cc(C)cc2C)ccc1OC(F)F. The molecule has 0 aromatic heterocycles. The standard InChI is InChI=1S/C22H28F2N2O3/c1-13-9-14(2)20(15(3)10-13)25-21(27)16(4)26(5)12-17-7-8-18(29-22(23)24)19(11-17)28-6/h7-11,16,22H,12H2,1-6H3,(H,25,27)/p+1/t16-/m0/s1. The van der Waals surface area contributed by atoms with Crippen LogP contribution in [0.5, 0.6) is 11.5 Å². The number of anilines is 1. The molecular weight excluding hydrogens is 378 g/mol. The van der Waals surface area contributed by atoms with Crippen molar-refractivity contribution >= 4 is 11.6 Å². The smallest absolute Gasteiger partial charge is 0.387 e. The van der Waals surface area contributed by atoms with Crippen LogP contribution < -0.4 is 19.7 Å². The topological polar surface area (TPSA) is 52.0 Å². The number of ether oxygens (including phenoxy) is 2. The summed E-state index contributed by atoms with van der Waals surface area (Å²) < 4.78 is 34.5. The van der Waals surface area contributed by atoms with Gasteiger partial charge in [-0.05, 0) is 57.0 Å². The van der Waals surface area contributed by atoms with E-state index in [9.17, 15) is 13.6 Å². The highest BCUT2D eigenvalue weighted by atomic mass is 19.3. The third-order valence-electron chi connectivity index (χ3n) is 4.98. The minimum absolute atomic E-state index is 0.0139. The highest BCUT2D eigenvalue weighted by Gasteiger charge is 2.23. The first-order chi connectivity index (χ1) is 13.6. The summed E-state index contributed by atoms with van der Waals surface area (Å²) in [6.45, 7) is 5.44. The number of amides is 1. The van der Waals surface area contributed by atoms with Crippen LogP contribution >= 0.6 is 0 Å². The molecule has 0 aliphatic heterocycles. The summed E-state index contributed by atoms with van der Waals surface area (Å²) in [6, 6.07) is 8.57. The summed E-state index contributed by atoms with van der Waals surface area (Å²) in [6.07, 6.45) is 0. The van der Waals surface area contributed by atoms with E-state index in [0.717, 1.165) is 32.8 Å². The van der Waals surface area contributed by atoms with Gasteiger partial charge >= 0.3 is 6.61 Å². The number of carbonyl (C=O) groups is 1. The Morgan fingerprint density at radius 1 is 1.10 bits per heavy atom. The van der Waals surface area contributed by atoms with Gasteiger partial charge in [-0.2, -0.15) is 8.78 Å². The molecule has 2 aromatic rings. The van der Waals surface area contributed by atoms with Gasteiger partial charge in [0.1, 0.15) is 6.54 Å². The largest absolute Gasteiger partial charge is 0.493 e. The lowest BCUT2D eigenvalue weighted by Gasteiger charge is -2.22. The van der Waals surface area contributed by atoms with Crippen LogP contribution in [0.25, 0.3) is 0 Å². The van der Waals surface area contributed by atoms with Gasteiger partial charge in [-0.25, -0.2) is 0 Å². The molecule has 1 unspecified atom stereocenters. The molecule has 0 heterocycles. The van der Waals surface area contributed by atoms with Crippen molar-refractivity contribution in [3.63, 3.8) is 0 Å². The molecule has 0 saturated carbocycles. The molecular formula is C22H29F2N2O3+. The third kappa shape index (κ3) is 5.90. The van der Waals surface area contributed by atoms with Crippen LogP contribution in [-0.2, 0) is 11.3 Å². The lowest BCUT2D eigenvalue weighted by molar-refractivity contribution is -0.907. The molecule has 2 rings (SSSR count). The summed E-state index contributed by atoms with van der Waals surface area (Å²) in [7, 11) is 3.31. The lowest BCUT2D eigenvalue weighted by Crippen LogP contribution is -3.12. The van der Waals surface area contributed by atoms with Crippen LogP contribution in [0.3, 0.4) is 0 Å². The number of aryl methyl sites for hydroxylation is 3. The van der Waals surface area contributed by atoms with Crippen molar-refractivity contribution in [3.8, 4) is 11.5 Å². The lowest BCUT2D eigenvalue weighted by atomic mass is 10.0. The number of benzene rings is 2. The minimum atomic E-state index is -2.92. The van der Waals surface area contributed by atoms with Gasteiger partial charge in [0.05, 0.1) is 14.2 Å². The van der Waals surface area contributed by atoms with E-state index in [1.54, 1.807) is 12.1 Å². The van der Waals surface area contributed by atoms with Crippen molar-refractivity contribution in [3.05, 3.63) is 52.6 Å². The van der Waals surface area contributed by atoms with E-state index < -0.39 is 6.61 Å². The number of likely N-dealkylation sites (N-methyl/N-ethyl adjacent to an activating group) is 1. The zero-order valence-electron chi connectivity index (χ0n) is 17.7. The second kappa shape index (κ2) is 9.69. The average Bonchev–Trinajstić information content (AvgIpc) is 2.64. The predicted octanol–water partition coefficient (Wildman–Crippen LogP) is 3.26. The molecule has 1 amide bonds. The summed E-state index contributed by atoms with van der Waals surface area (Å²) in [4.78, 5) is 13.7. The highest BCUT2D eigenvalue weighted by Crippen LogP contribution is 2.29. The number of nitrogens with one attached hydrogen (secondary N) is 2. The maximum Gasteiger partial charge on any atom is 0.387 e. The van der Waals surface area contributed by atoms with E-state index in [1.807, 2.05) is 46.9 Å². The molecule has 0 bridgehead atoms. The fraction of sp³-hybridized carbons (Fsp3) is 0.409. The molecule has 29 heavy (non-hydrogen) atoms. The number of carbonyl (C=O) groups excluding carboxylic acids is 1. The van der Waals surface area contributed by atoms with Crippen molar-refractivity contribution in [1.82, 2.24) is 0 Å². The van der Waals surface area contributed by atoms with E-state index in [1.165, 1.54) is 13.2 Å². The molecule has 158 valence electrons. The second-order valence-electron chi connectivity index (χ2n) is 7.37. The van der Waals surface area contributed by atoms with E-state index in [2.05, 4.69) is 10.1 Å². The number of alkyl halides is 2. The van der Waals surface area contributed by atoms with Gasteiger partial charge in [0.15, 0.2) is 17.5 Å². The Kier molecular flexibility index (Phi) is 7.56. The first kappa shape index (κ1) is 22.6. The van der Waals surface area contributed by atoms with E-state index >= 15 is 0 Å². The van der Waals surface area contributed by atoms with Crippen LogP contribution in [0.1, 0.15) is 29.2 Å². The fourth-order valence-corrected chi connectivity index (χ4v) is 3.32. The van der Waals surface area contributed by atoms with Gasteiger partial charge in [0.2, 0.25) is 0 Å². The molecule has 0 aliphatic carbocycles. The van der Waals surface area contributed by atoms with E-state index in [4.69, 9.17) is 4.74 Å². The molecule has 2 atom stereocenters. The molecule has 0 radical (unpaired) electrons. The van der Waals surface area contributed by atoms with Crippen molar-refractivity contribution in [2.45, 2.75) is 46.9 Å². The van der Waals surface area contributed by atoms with Gasteiger partial charge < -0.3 is 19.7 Å². The number of quaternary nitrogens is 1. The van der Waals surface area contributed by atoms with Crippen molar-refractivity contribution in [2.24, 2.45) is 0 Å². The van der Waals surface area contributed by atoms with Crippen LogP contribution in [-0.4, -0.2) is 32.7 Å². The molecule has 0 saturated heterocycles. The maximum atomic E-state index is 12.8. The summed E-state index contributed by atoms with van der Waals surface area (Å²) in [5.41, 5.74) is 4.90. The zero-order chi connectivity index (χ0) is 21.7. The van der Waals surface area contributed by atoms with Crippen LogP contribution in [0.4, 0.5) is 14.5 Å². The Bertz CT molecular complexity index is 848. The number of methoxy groups -OCH3 is 1. The molecule has 0 fully saturated rings. The number of rotatable bonds is 8. The molecule has 0 aliphatic rings. The number of halogens is 2. The van der Waals surface area contributed by atoms with E-state index in [0.29, 0.717) is 6.54 Å². The monoisotopic (exact) mass is 407 g/mol. The van der Waals surface area contributed by atoms with Gasteiger partial charge in [0, 0.05) is 11.3 Å².